The second kappa shape index (κ2) is 8.97. The van der Waals surface area contributed by atoms with Gasteiger partial charge < -0.3 is 23.7 Å². The minimum atomic E-state index is -0.517. The van der Waals surface area contributed by atoms with Gasteiger partial charge in [-0.3, -0.25) is 4.79 Å². The number of carbonyl (C=O) groups excluding carboxylic acids is 2. The topological polar surface area (TPSA) is 80.3 Å². The SMILES string of the molecule is C=CCOC(=O)COc1ccc2c(c1)O/C(=C/c1ccc(OC)c(OC)c1)C2=O. The van der Waals surface area contributed by atoms with Crippen molar-refractivity contribution in [3.05, 3.63) is 65.9 Å². The van der Waals surface area contributed by atoms with Crippen LogP contribution >= 0.6 is 0 Å². The van der Waals surface area contributed by atoms with Crippen molar-refractivity contribution in [1.82, 2.24) is 0 Å². The highest BCUT2D eigenvalue weighted by Crippen LogP contribution is 2.36. The van der Waals surface area contributed by atoms with E-state index in [1.54, 1.807) is 49.6 Å². The molecule has 1 aliphatic heterocycles. The zero-order valence-corrected chi connectivity index (χ0v) is 16.1. The maximum atomic E-state index is 12.6. The Morgan fingerprint density at radius 2 is 1.90 bits per heavy atom. The molecule has 29 heavy (non-hydrogen) atoms. The zero-order valence-electron chi connectivity index (χ0n) is 16.1. The predicted octanol–water partition coefficient (Wildman–Crippen LogP) is 3.43. The molecule has 2 aromatic rings. The van der Waals surface area contributed by atoms with Crippen molar-refractivity contribution in [2.24, 2.45) is 0 Å². The van der Waals surface area contributed by atoms with Crippen molar-refractivity contribution in [3.8, 4) is 23.0 Å². The Labute approximate surface area is 168 Å². The first-order chi connectivity index (χ1) is 14.0. The molecule has 0 bridgehead atoms. The molecule has 0 spiro atoms. The van der Waals surface area contributed by atoms with Crippen LogP contribution in [0, 0.1) is 0 Å². The van der Waals surface area contributed by atoms with Crippen LogP contribution in [0.25, 0.3) is 6.08 Å². The third kappa shape index (κ3) is 4.57. The van der Waals surface area contributed by atoms with Crippen molar-refractivity contribution in [1.29, 1.82) is 0 Å². The van der Waals surface area contributed by atoms with Crippen LogP contribution in [0.5, 0.6) is 23.0 Å². The maximum absolute atomic E-state index is 12.6. The summed E-state index contributed by atoms with van der Waals surface area (Å²) in [5.74, 6) is 1.30. The highest BCUT2D eigenvalue weighted by molar-refractivity contribution is 6.14. The molecule has 0 unspecified atom stereocenters. The molecule has 0 saturated heterocycles. The number of esters is 1. The first kappa shape index (κ1) is 20.0. The van der Waals surface area contributed by atoms with Gasteiger partial charge in [-0.1, -0.05) is 18.7 Å². The molecular weight excluding hydrogens is 376 g/mol. The number of methoxy groups -OCH3 is 2. The third-order valence-corrected chi connectivity index (χ3v) is 4.07. The molecule has 7 nitrogen and oxygen atoms in total. The fourth-order valence-electron chi connectivity index (χ4n) is 2.69. The van der Waals surface area contributed by atoms with Crippen LogP contribution in [-0.4, -0.2) is 39.2 Å². The van der Waals surface area contributed by atoms with Gasteiger partial charge in [-0.15, -0.1) is 0 Å². The van der Waals surface area contributed by atoms with Gasteiger partial charge in [0.2, 0.25) is 5.78 Å². The van der Waals surface area contributed by atoms with Crippen LogP contribution in [0.3, 0.4) is 0 Å². The van der Waals surface area contributed by atoms with E-state index in [-0.39, 0.29) is 24.8 Å². The lowest BCUT2D eigenvalue weighted by Gasteiger charge is -2.08. The molecule has 0 amide bonds. The summed E-state index contributed by atoms with van der Waals surface area (Å²) in [5, 5.41) is 0. The minimum Gasteiger partial charge on any atom is -0.493 e. The Bertz CT molecular complexity index is 975. The molecule has 1 aliphatic rings. The van der Waals surface area contributed by atoms with Gasteiger partial charge >= 0.3 is 5.97 Å². The normalized spacial score (nSPS) is 13.4. The van der Waals surface area contributed by atoms with E-state index in [0.717, 1.165) is 5.56 Å². The second-order valence-electron chi connectivity index (χ2n) is 5.97. The van der Waals surface area contributed by atoms with E-state index >= 15 is 0 Å². The molecule has 0 radical (unpaired) electrons. The molecule has 0 fully saturated rings. The van der Waals surface area contributed by atoms with E-state index in [1.165, 1.54) is 13.2 Å². The standard InChI is InChI=1S/C22H20O7/c1-4-9-27-21(23)13-28-15-6-7-16-18(12-15)29-20(22(16)24)11-14-5-8-17(25-2)19(10-14)26-3/h4-8,10-12H,1,9,13H2,2-3H3/b20-11+. The van der Waals surface area contributed by atoms with Crippen molar-refractivity contribution >= 4 is 17.8 Å². The predicted molar refractivity (Wildman–Crippen MR) is 106 cm³/mol. The number of hydrogen-bond acceptors (Lipinski definition) is 7. The van der Waals surface area contributed by atoms with E-state index in [1.807, 2.05) is 0 Å². The van der Waals surface area contributed by atoms with Crippen LogP contribution in [0.4, 0.5) is 0 Å². The summed E-state index contributed by atoms with van der Waals surface area (Å²) in [7, 11) is 3.09. The van der Waals surface area contributed by atoms with Crippen molar-refractivity contribution in [2.75, 3.05) is 27.4 Å². The van der Waals surface area contributed by atoms with Crippen LogP contribution < -0.4 is 18.9 Å². The number of ketones is 1. The largest absolute Gasteiger partial charge is 0.493 e. The fourth-order valence-corrected chi connectivity index (χ4v) is 2.69. The minimum absolute atomic E-state index is 0.119. The maximum Gasteiger partial charge on any atom is 0.344 e. The molecule has 7 heteroatoms. The first-order valence-electron chi connectivity index (χ1n) is 8.75. The summed E-state index contributed by atoms with van der Waals surface area (Å²) in [6.07, 6.45) is 3.09. The van der Waals surface area contributed by atoms with E-state index in [0.29, 0.717) is 28.6 Å². The molecule has 0 atom stereocenters. The number of fused-ring (bicyclic) bond motifs is 1. The van der Waals surface area contributed by atoms with Gasteiger partial charge in [-0.2, -0.15) is 0 Å². The Hall–Kier alpha value is -3.74. The molecule has 2 aromatic carbocycles. The third-order valence-electron chi connectivity index (χ3n) is 4.07. The number of Topliss-reactive ketones (excluding diaryl/α,β-unsaturated/α-hetero) is 1. The van der Waals surface area contributed by atoms with E-state index in [4.69, 9.17) is 23.7 Å². The average molecular weight is 396 g/mol. The molecule has 0 saturated carbocycles. The second-order valence-corrected chi connectivity index (χ2v) is 5.97. The molecule has 1 heterocycles. The number of allylic oxidation sites excluding steroid dienone is 1. The highest BCUT2D eigenvalue weighted by Gasteiger charge is 2.28. The number of carbonyl (C=O) groups is 2. The van der Waals surface area contributed by atoms with Crippen molar-refractivity contribution in [2.45, 2.75) is 0 Å². The van der Waals surface area contributed by atoms with Gasteiger partial charge in [0.1, 0.15) is 18.1 Å². The van der Waals surface area contributed by atoms with Crippen LogP contribution in [0.1, 0.15) is 15.9 Å². The summed E-state index contributed by atoms with van der Waals surface area (Å²) in [5.41, 5.74) is 1.14. The summed E-state index contributed by atoms with van der Waals surface area (Å²) < 4.78 is 26.4. The summed E-state index contributed by atoms with van der Waals surface area (Å²) in [6, 6.07) is 10.0. The van der Waals surface area contributed by atoms with Crippen molar-refractivity contribution < 1.29 is 33.3 Å². The Morgan fingerprint density at radius 3 is 2.62 bits per heavy atom. The molecule has 3 rings (SSSR count). The van der Waals surface area contributed by atoms with Gasteiger partial charge in [-0.25, -0.2) is 4.79 Å². The van der Waals surface area contributed by atoms with Gasteiger partial charge in [0.15, 0.2) is 23.9 Å². The zero-order chi connectivity index (χ0) is 20.8. The lowest BCUT2D eigenvalue weighted by Crippen LogP contribution is -2.14. The molecular formula is C22H20O7. The summed E-state index contributed by atoms with van der Waals surface area (Å²) in [6.45, 7) is 3.33. The summed E-state index contributed by atoms with van der Waals surface area (Å²) in [4.78, 5) is 24.1. The molecule has 150 valence electrons. The Morgan fingerprint density at radius 1 is 1.10 bits per heavy atom. The monoisotopic (exact) mass is 396 g/mol. The van der Waals surface area contributed by atoms with Crippen LogP contribution in [0.2, 0.25) is 0 Å². The van der Waals surface area contributed by atoms with Gasteiger partial charge in [-0.05, 0) is 35.9 Å². The van der Waals surface area contributed by atoms with Gasteiger partial charge in [0.25, 0.3) is 0 Å². The quantitative estimate of drug-likeness (QED) is 0.384. The van der Waals surface area contributed by atoms with Gasteiger partial charge in [0.05, 0.1) is 19.8 Å². The van der Waals surface area contributed by atoms with Crippen molar-refractivity contribution in [3.63, 3.8) is 0 Å². The number of rotatable bonds is 8. The van der Waals surface area contributed by atoms with Crippen LogP contribution in [-0.2, 0) is 9.53 Å². The highest BCUT2D eigenvalue weighted by atomic mass is 16.6. The molecule has 0 N–H and O–H groups in total. The van der Waals surface area contributed by atoms with Gasteiger partial charge in [0, 0.05) is 6.07 Å². The smallest absolute Gasteiger partial charge is 0.344 e. The fraction of sp³-hybridized carbons (Fsp3) is 0.182. The number of benzene rings is 2. The lowest BCUT2D eigenvalue weighted by molar-refractivity contribution is -0.144. The average Bonchev–Trinajstić information content (AvgIpc) is 3.05. The van der Waals surface area contributed by atoms with E-state index < -0.39 is 5.97 Å². The lowest BCUT2D eigenvalue weighted by atomic mass is 10.1. The van der Waals surface area contributed by atoms with E-state index in [9.17, 15) is 9.59 Å². The first-order valence-corrected chi connectivity index (χ1v) is 8.75. The van der Waals surface area contributed by atoms with E-state index in [2.05, 4.69) is 6.58 Å². The summed E-state index contributed by atoms with van der Waals surface area (Å²) >= 11 is 0. The molecule has 0 aliphatic carbocycles. The Balaban J connectivity index is 1.74. The molecule has 0 aromatic heterocycles. The number of ether oxygens (including phenoxy) is 5. The Kier molecular flexibility index (Phi) is 6.19. The number of hydrogen-bond donors (Lipinski definition) is 0. The van der Waals surface area contributed by atoms with Crippen LogP contribution in [0.15, 0.2) is 54.8 Å².